The molecule has 0 radical (unpaired) electrons. The van der Waals surface area contributed by atoms with Gasteiger partial charge in [-0.3, -0.25) is 9.69 Å². The summed E-state index contributed by atoms with van der Waals surface area (Å²) in [6.45, 7) is 1.11. The van der Waals surface area contributed by atoms with Gasteiger partial charge in [0.2, 0.25) is 0 Å². The van der Waals surface area contributed by atoms with Gasteiger partial charge in [0.15, 0.2) is 0 Å². The monoisotopic (exact) mass is 381 g/mol. The normalized spacial score (nSPS) is 17.4. The smallest absolute Gasteiger partial charge is 0.306 e. The van der Waals surface area contributed by atoms with Gasteiger partial charge in [-0.2, -0.15) is 0 Å². The second-order valence-electron chi connectivity index (χ2n) is 6.22. The van der Waals surface area contributed by atoms with Gasteiger partial charge in [-0.1, -0.05) is 53.5 Å². The summed E-state index contributed by atoms with van der Waals surface area (Å²) in [6, 6.07) is 11.5. The second kappa shape index (κ2) is 7.73. The number of piperidine rings is 1. The van der Waals surface area contributed by atoms with Gasteiger partial charge >= 0.3 is 5.97 Å². The van der Waals surface area contributed by atoms with Crippen LogP contribution in [0.2, 0.25) is 10.0 Å². The average molecular weight is 382 g/mol. The van der Waals surface area contributed by atoms with Crippen LogP contribution in [0.3, 0.4) is 0 Å². The lowest BCUT2D eigenvalue weighted by Crippen LogP contribution is -2.39. The quantitative estimate of drug-likeness (QED) is 0.808. The zero-order chi connectivity index (χ0) is 18.0. The number of likely N-dealkylation sites (tertiary alicyclic amines) is 1. The lowest BCUT2D eigenvalue weighted by molar-refractivity contribution is -0.143. The third-order valence-electron chi connectivity index (χ3n) is 4.72. The van der Waals surface area contributed by atoms with E-state index in [0.717, 1.165) is 5.56 Å². The van der Waals surface area contributed by atoms with E-state index in [1.54, 1.807) is 30.3 Å². The van der Waals surface area contributed by atoms with Gasteiger partial charge < -0.3 is 5.11 Å². The molecule has 1 atom stereocenters. The lowest BCUT2D eigenvalue weighted by atomic mass is 9.91. The molecule has 132 valence electrons. The number of hydrogen-bond acceptors (Lipinski definition) is 2. The molecule has 1 fully saturated rings. The number of carbonyl (C=O) groups is 1. The predicted octanol–water partition coefficient (Wildman–Crippen LogP) is 5.02. The largest absolute Gasteiger partial charge is 0.481 e. The van der Waals surface area contributed by atoms with Crippen molar-refractivity contribution in [3.8, 4) is 0 Å². The van der Waals surface area contributed by atoms with Gasteiger partial charge in [-0.15, -0.1) is 0 Å². The van der Waals surface area contributed by atoms with Crippen LogP contribution in [0.25, 0.3) is 0 Å². The highest BCUT2D eigenvalue weighted by molar-refractivity contribution is 6.42. The Labute approximate surface area is 156 Å². The number of halogens is 3. The molecule has 0 amide bonds. The fourth-order valence-corrected chi connectivity index (χ4v) is 3.81. The van der Waals surface area contributed by atoms with Crippen molar-refractivity contribution in [3.63, 3.8) is 0 Å². The summed E-state index contributed by atoms with van der Waals surface area (Å²) in [6.07, 6.45) is 1.05. The van der Waals surface area contributed by atoms with Crippen LogP contribution in [-0.4, -0.2) is 29.1 Å². The summed E-state index contributed by atoms with van der Waals surface area (Å²) in [4.78, 5) is 13.3. The van der Waals surface area contributed by atoms with E-state index in [2.05, 4.69) is 4.90 Å². The zero-order valence-electron chi connectivity index (χ0n) is 13.5. The van der Waals surface area contributed by atoms with Gasteiger partial charge in [0.05, 0.1) is 22.0 Å². The molecule has 3 rings (SSSR count). The van der Waals surface area contributed by atoms with Crippen LogP contribution in [0.5, 0.6) is 0 Å². The molecule has 1 aliphatic heterocycles. The van der Waals surface area contributed by atoms with E-state index < -0.39 is 12.0 Å². The molecule has 3 nitrogen and oxygen atoms in total. The first-order valence-electron chi connectivity index (χ1n) is 8.14. The molecule has 6 heteroatoms. The molecule has 0 aromatic heterocycles. The number of nitrogens with zero attached hydrogens (tertiary/aromatic N) is 1. The van der Waals surface area contributed by atoms with Crippen molar-refractivity contribution < 1.29 is 14.3 Å². The molecule has 0 bridgehead atoms. The van der Waals surface area contributed by atoms with E-state index in [0.29, 0.717) is 41.5 Å². The Kier molecular flexibility index (Phi) is 5.62. The van der Waals surface area contributed by atoms with Crippen LogP contribution < -0.4 is 0 Å². The van der Waals surface area contributed by atoms with Crippen LogP contribution in [0.15, 0.2) is 42.5 Å². The predicted molar refractivity (Wildman–Crippen MR) is 96.6 cm³/mol. The summed E-state index contributed by atoms with van der Waals surface area (Å²) >= 11 is 12.6. The second-order valence-corrected chi connectivity index (χ2v) is 7.00. The molecular formula is C19H18Cl2FNO2. The molecule has 2 aromatic rings. The molecular weight excluding hydrogens is 364 g/mol. The number of rotatable bonds is 4. The van der Waals surface area contributed by atoms with Crippen molar-refractivity contribution in [2.75, 3.05) is 13.1 Å². The summed E-state index contributed by atoms with van der Waals surface area (Å²) in [5.74, 6) is -1.45. The Bertz CT molecular complexity index is 776. The van der Waals surface area contributed by atoms with E-state index in [-0.39, 0.29) is 11.7 Å². The van der Waals surface area contributed by atoms with Crippen LogP contribution in [0.1, 0.15) is 30.0 Å². The highest BCUT2D eigenvalue weighted by Gasteiger charge is 2.32. The van der Waals surface area contributed by atoms with Crippen molar-refractivity contribution in [2.24, 2.45) is 5.92 Å². The van der Waals surface area contributed by atoms with Crippen LogP contribution in [0, 0.1) is 11.7 Å². The molecule has 1 N–H and O–H groups in total. The third kappa shape index (κ3) is 3.81. The van der Waals surface area contributed by atoms with Gasteiger partial charge in [-0.05, 0) is 43.6 Å². The van der Waals surface area contributed by atoms with Gasteiger partial charge in [0.25, 0.3) is 0 Å². The molecule has 1 aliphatic rings. The number of hydrogen-bond donors (Lipinski definition) is 1. The van der Waals surface area contributed by atoms with Gasteiger partial charge in [-0.25, -0.2) is 4.39 Å². The van der Waals surface area contributed by atoms with Gasteiger partial charge in [0, 0.05) is 5.56 Å². The Balaban J connectivity index is 2.00. The number of benzene rings is 2. The van der Waals surface area contributed by atoms with Crippen molar-refractivity contribution >= 4 is 29.2 Å². The maximum Gasteiger partial charge on any atom is 0.306 e. The van der Waals surface area contributed by atoms with Crippen LogP contribution in [-0.2, 0) is 4.79 Å². The van der Waals surface area contributed by atoms with Crippen molar-refractivity contribution in [1.82, 2.24) is 4.90 Å². The van der Waals surface area contributed by atoms with Crippen molar-refractivity contribution in [1.29, 1.82) is 0 Å². The fourth-order valence-electron chi connectivity index (χ4n) is 3.39. The van der Waals surface area contributed by atoms with Crippen LogP contribution >= 0.6 is 23.2 Å². The minimum atomic E-state index is -0.775. The topological polar surface area (TPSA) is 40.5 Å². The first-order valence-corrected chi connectivity index (χ1v) is 8.90. The standard InChI is InChI=1S/C19H18Cl2FNO2/c20-15-6-3-5-14(17(15)21)18(13-4-1-2-7-16(13)22)23-10-8-12(9-11-23)19(24)25/h1-7,12,18H,8-11H2,(H,24,25). The first kappa shape index (κ1) is 18.2. The molecule has 0 aliphatic carbocycles. The number of aliphatic carboxylic acids is 1. The van der Waals surface area contributed by atoms with E-state index in [1.165, 1.54) is 6.07 Å². The van der Waals surface area contributed by atoms with E-state index in [9.17, 15) is 14.3 Å². The molecule has 1 heterocycles. The maximum absolute atomic E-state index is 14.5. The summed E-state index contributed by atoms with van der Waals surface area (Å²) in [7, 11) is 0. The molecule has 25 heavy (non-hydrogen) atoms. The highest BCUT2D eigenvalue weighted by atomic mass is 35.5. The van der Waals surface area contributed by atoms with E-state index in [1.807, 2.05) is 6.07 Å². The minimum Gasteiger partial charge on any atom is -0.481 e. The van der Waals surface area contributed by atoms with E-state index in [4.69, 9.17) is 23.2 Å². The SMILES string of the molecule is O=C(O)C1CCN(C(c2ccccc2F)c2cccc(Cl)c2Cl)CC1. The van der Waals surface area contributed by atoms with Crippen molar-refractivity contribution in [3.05, 3.63) is 69.5 Å². The number of carboxylic acids is 1. The minimum absolute atomic E-state index is 0.316. The molecule has 1 saturated heterocycles. The Hall–Kier alpha value is -1.62. The summed E-state index contributed by atoms with van der Waals surface area (Å²) in [5.41, 5.74) is 1.24. The third-order valence-corrected chi connectivity index (χ3v) is 5.55. The summed E-state index contributed by atoms with van der Waals surface area (Å²) < 4.78 is 14.5. The highest BCUT2D eigenvalue weighted by Crippen LogP contribution is 2.39. The van der Waals surface area contributed by atoms with Crippen LogP contribution in [0.4, 0.5) is 4.39 Å². The maximum atomic E-state index is 14.5. The average Bonchev–Trinajstić information content (AvgIpc) is 2.61. The first-order chi connectivity index (χ1) is 12.0. The molecule has 1 unspecified atom stereocenters. The Morgan fingerprint density at radius 2 is 1.72 bits per heavy atom. The fraction of sp³-hybridized carbons (Fsp3) is 0.316. The van der Waals surface area contributed by atoms with Crippen molar-refractivity contribution in [2.45, 2.75) is 18.9 Å². The molecule has 2 aromatic carbocycles. The molecule has 0 spiro atoms. The number of carboxylic acid groups (broad SMARTS) is 1. The Morgan fingerprint density at radius 3 is 2.36 bits per heavy atom. The van der Waals surface area contributed by atoms with E-state index >= 15 is 0 Å². The molecule has 0 saturated carbocycles. The summed E-state index contributed by atoms with van der Waals surface area (Å²) in [5, 5.41) is 10.0. The Morgan fingerprint density at radius 1 is 1.08 bits per heavy atom. The van der Waals surface area contributed by atoms with Gasteiger partial charge in [0.1, 0.15) is 5.82 Å². The lowest BCUT2D eigenvalue weighted by Gasteiger charge is -2.37. The zero-order valence-corrected chi connectivity index (χ0v) is 15.0.